The molecule has 4 rings (SSSR count). The fourth-order valence-corrected chi connectivity index (χ4v) is 4.76. The van der Waals surface area contributed by atoms with E-state index in [1.165, 1.54) is 40.2 Å². The average molecular weight is 497 g/mol. The second kappa shape index (κ2) is 10.1. The van der Waals surface area contributed by atoms with Crippen LogP contribution >= 0.6 is 11.3 Å². The van der Waals surface area contributed by atoms with E-state index in [9.17, 15) is 18.8 Å². The number of carboxylic acids is 1. The van der Waals surface area contributed by atoms with Crippen molar-refractivity contribution in [1.29, 1.82) is 0 Å². The first kappa shape index (κ1) is 24.1. The monoisotopic (exact) mass is 496 g/mol. The van der Waals surface area contributed by atoms with Crippen molar-refractivity contribution in [2.45, 2.75) is 19.9 Å². The molecule has 1 aliphatic heterocycles. The van der Waals surface area contributed by atoms with Crippen LogP contribution in [0.4, 0.5) is 4.39 Å². The maximum atomic E-state index is 13.6. The summed E-state index contributed by atoms with van der Waals surface area (Å²) in [5.74, 6) is -1.72. The Morgan fingerprint density at radius 1 is 1.17 bits per heavy atom. The van der Waals surface area contributed by atoms with Gasteiger partial charge in [-0.15, -0.1) is 0 Å². The molecular formula is C25H21FN2O6S. The molecule has 1 aromatic heterocycles. The molecule has 2 heterocycles. The van der Waals surface area contributed by atoms with Crippen molar-refractivity contribution in [3.63, 3.8) is 0 Å². The predicted molar refractivity (Wildman–Crippen MR) is 126 cm³/mol. The number of carboxylic acid groups (broad SMARTS) is 1. The Labute approximate surface area is 202 Å². The Bertz CT molecular complexity index is 1490. The molecule has 0 amide bonds. The molecule has 35 heavy (non-hydrogen) atoms. The number of carbonyl (C=O) groups excluding carboxylic acids is 1. The van der Waals surface area contributed by atoms with E-state index in [0.29, 0.717) is 31.9 Å². The third kappa shape index (κ3) is 5.07. The highest BCUT2D eigenvalue weighted by Gasteiger charge is 2.33. The highest BCUT2D eigenvalue weighted by molar-refractivity contribution is 7.07. The zero-order valence-corrected chi connectivity index (χ0v) is 19.7. The lowest BCUT2D eigenvalue weighted by molar-refractivity contribution is -0.140. The molecular weight excluding hydrogens is 475 g/mol. The van der Waals surface area contributed by atoms with Gasteiger partial charge in [-0.3, -0.25) is 9.36 Å². The lowest BCUT2D eigenvalue weighted by Crippen LogP contribution is -2.39. The van der Waals surface area contributed by atoms with Crippen molar-refractivity contribution in [1.82, 2.24) is 4.57 Å². The van der Waals surface area contributed by atoms with Gasteiger partial charge >= 0.3 is 11.9 Å². The number of halogens is 1. The van der Waals surface area contributed by atoms with Crippen LogP contribution in [-0.2, 0) is 14.3 Å². The summed E-state index contributed by atoms with van der Waals surface area (Å²) in [6.45, 7) is 3.06. The van der Waals surface area contributed by atoms with Crippen molar-refractivity contribution in [3.05, 3.63) is 96.4 Å². The quantitative estimate of drug-likeness (QED) is 0.504. The number of fused-ring (bicyclic) bond motifs is 1. The Balaban J connectivity index is 1.81. The lowest BCUT2D eigenvalue weighted by Gasteiger charge is -2.24. The molecule has 180 valence electrons. The molecule has 0 saturated carbocycles. The van der Waals surface area contributed by atoms with Gasteiger partial charge < -0.3 is 14.6 Å². The smallest absolute Gasteiger partial charge is 0.341 e. The van der Waals surface area contributed by atoms with Crippen LogP contribution in [0, 0.1) is 5.82 Å². The minimum absolute atomic E-state index is 0.155. The molecule has 0 bridgehead atoms. The molecule has 1 unspecified atom stereocenters. The van der Waals surface area contributed by atoms with Crippen LogP contribution in [0.3, 0.4) is 0 Å². The summed E-state index contributed by atoms with van der Waals surface area (Å²) in [7, 11) is 0. The number of hydrogen-bond acceptors (Lipinski definition) is 7. The maximum absolute atomic E-state index is 13.6. The van der Waals surface area contributed by atoms with Crippen LogP contribution in [0.2, 0.25) is 0 Å². The van der Waals surface area contributed by atoms with Crippen molar-refractivity contribution in [2.75, 3.05) is 13.2 Å². The second-order valence-corrected chi connectivity index (χ2v) is 8.61. The number of thiazole rings is 1. The first-order chi connectivity index (χ1) is 16.8. The minimum Gasteiger partial charge on any atom is -0.482 e. The van der Waals surface area contributed by atoms with Gasteiger partial charge in [-0.1, -0.05) is 35.6 Å². The van der Waals surface area contributed by atoms with Gasteiger partial charge in [0.1, 0.15) is 11.6 Å². The van der Waals surface area contributed by atoms with Gasteiger partial charge in [-0.25, -0.2) is 19.0 Å². The summed E-state index contributed by atoms with van der Waals surface area (Å²) < 4.78 is 25.8. The van der Waals surface area contributed by atoms with Gasteiger partial charge in [0.25, 0.3) is 5.56 Å². The van der Waals surface area contributed by atoms with E-state index in [0.717, 1.165) is 0 Å². The Kier molecular flexibility index (Phi) is 6.92. The zero-order chi connectivity index (χ0) is 25.1. The molecule has 0 saturated heterocycles. The van der Waals surface area contributed by atoms with Gasteiger partial charge in [0.2, 0.25) is 0 Å². The molecule has 1 atom stereocenters. The third-order valence-corrected chi connectivity index (χ3v) is 6.23. The first-order valence-electron chi connectivity index (χ1n) is 10.7. The predicted octanol–water partition coefficient (Wildman–Crippen LogP) is 2.40. The normalized spacial score (nSPS) is 15.4. The summed E-state index contributed by atoms with van der Waals surface area (Å²) >= 11 is 1.17. The molecule has 3 aromatic rings. The van der Waals surface area contributed by atoms with Crippen molar-refractivity contribution in [2.24, 2.45) is 4.99 Å². The SMILES string of the molecule is CCOC(=O)C1=C(C)N=c2s/c(=C\c3ccc(OCC(=O)O)cc3)c(=O)n2C1c1ccc(F)cc1. The zero-order valence-electron chi connectivity index (χ0n) is 18.9. The maximum Gasteiger partial charge on any atom is 0.341 e. The highest BCUT2D eigenvalue weighted by Crippen LogP contribution is 2.30. The van der Waals surface area contributed by atoms with Gasteiger partial charge in [0.15, 0.2) is 11.4 Å². The molecule has 2 aromatic carbocycles. The van der Waals surface area contributed by atoms with Gasteiger partial charge in [-0.2, -0.15) is 0 Å². The van der Waals surface area contributed by atoms with Gasteiger partial charge in [0.05, 0.1) is 28.5 Å². The Hall–Kier alpha value is -4.05. The fourth-order valence-electron chi connectivity index (χ4n) is 3.71. The average Bonchev–Trinajstić information content (AvgIpc) is 3.12. The van der Waals surface area contributed by atoms with Crippen LogP contribution in [0.25, 0.3) is 6.08 Å². The number of esters is 1. The summed E-state index contributed by atoms with van der Waals surface area (Å²) in [6.07, 6.45) is 1.68. The molecule has 1 aliphatic rings. The van der Waals surface area contributed by atoms with Gasteiger partial charge in [0, 0.05) is 0 Å². The highest BCUT2D eigenvalue weighted by atomic mass is 32.1. The number of allylic oxidation sites excluding steroid dienone is 1. The van der Waals surface area contributed by atoms with E-state index in [-0.39, 0.29) is 17.7 Å². The van der Waals surface area contributed by atoms with Crippen LogP contribution in [-0.4, -0.2) is 34.8 Å². The number of carbonyl (C=O) groups is 2. The Morgan fingerprint density at radius 2 is 1.86 bits per heavy atom. The van der Waals surface area contributed by atoms with E-state index in [1.807, 2.05) is 0 Å². The molecule has 8 nitrogen and oxygen atoms in total. The summed E-state index contributed by atoms with van der Waals surface area (Å²) in [4.78, 5) is 41.9. The summed E-state index contributed by atoms with van der Waals surface area (Å²) in [5.41, 5.74) is 1.53. The van der Waals surface area contributed by atoms with E-state index in [2.05, 4.69) is 4.99 Å². The van der Waals surface area contributed by atoms with Crippen molar-refractivity contribution >= 4 is 29.4 Å². The molecule has 10 heteroatoms. The van der Waals surface area contributed by atoms with E-state index < -0.39 is 30.4 Å². The molecule has 0 radical (unpaired) electrons. The van der Waals surface area contributed by atoms with Crippen molar-refractivity contribution in [3.8, 4) is 5.75 Å². The number of ether oxygens (including phenoxy) is 2. The van der Waals surface area contributed by atoms with Crippen LogP contribution in [0.15, 0.2) is 69.6 Å². The number of nitrogens with zero attached hydrogens (tertiary/aromatic N) is 2. The van der Waals surface area contributed by atoms with Crippen LogP contribution in [0.1, 0.15) is 31.0 Å². The number of rotatable bonds is 7. The standard InChI is InChI=1S/C25H21FN2O6S/c1-3-33-24(32)21-14(2)27-25-28(22(21)16-6-8-17(26)9-7-16)23(31)19(35-25)12-15-4-10-18(11-5-15)34-13-20(29)30/h4-12,22H,3,13H2,1-2H3,(H,29,30)/b19-12-. The van der Waals surface area contributed by atoms with E-state index >= 15 is 0 Å². The third-order valence-electron chi connectivity index (χ3n) is 5.24. The fraction of sp³-hybridized carbons (Fsp3) is 0.200. The molecule has 0 spiro atoms. The van der Waals surface area contributed by atoms with E-state index in [1.54, 1.807) is 44.2 Å². The number of hydrogen-bond donors (Lipinski definition) is 1. The first-order valence-corrected chi connectivity index (χ1v) is 11.5. The lowest BCUT2D eigenvalue weighted by atomic mass is 9.96. The molecule has 0 aliphatic carbocycles. The second-order valence-electron chi connectivity index (χ2n) is 7.61. The van der Waals surface area contributed by atoms with E-state index in [4.69, 9.17) is 14.6 Å². The molecule has 0 fully saturated rings. The minimum atomic E-state index is -1.08. The van der Waals surface area contributed by atoms with Crippen LogP contribution in [0.5, 0.6) is 5.75 Å². The number of benzene rings is 2. The number of aliphatic carboxylic acids is 1. The van der Waals surface area contributed by atoms with Crippen LogP contribution < -0.4 is 19.6 Å². The molecule has 1 N–H and O–H groups in total. The van der Waals surface area contributed by atoms with Gasteiger partial charge in [-0.05, 0) is 55.3 Å². The summed E-state index contributed by atoms with van der Waals surface area (Å²) in [5, 5.41) is 8.73. The Morgan fingerprint density at radius 3 is 2.49 bits per heavy atom. The largest absolute Gasteiger partial charge is 0.482 e. The summed E-state index contributed by atoms with van der Waals surface area (Å²) in [6, 6.07) is 11.4. The van der Waals surface area contributed by atoms with Crippen molar-refractivity contribution < 1.29 is 28.6 Å². The number of aromatic nitrogens is 1. The topological polar surface area (TPSA) is 107 Å².